The molecule has 3 N–H and O–H groups in total. The molecule has 1 rings (SSSR count). The van der Waals surface area contributed by atoms with Crippen molar-refractivity contribution in [2.24, 2.45) is 0 Å². The molecule has 0 radical (unpaired) electrons. The number of ether oxygens (including phenoxy) is 1. The van der Waals surface area contributed by atoms with Crippen molar-refractivity contribution >= 4 is 0 Å². The number of aromatic hydroxyl groups is 1. The Morgan fingerprint density at radius 3 is 2.78 bits per heavy atom. The molecule has 0 fully saturated rings. The van der Waals surface area contributed by atoms with Crippen LogP contribution >= 0.6 is 0 Å². The average molecular weight is 253 g/mol. The van der Waals surface area contributed by atoms with E-state index in [9.17, 15) is 10.2 Å². The lowest BCUT2D eigenvalue weighted by molar-refractivity contribution is 0.0247. The third-order valence-corrected chi connectivity index (χ3v) is 2.90. The smallest absolute Gasteiger partial charge is 0.120 e. The molecule has 0 spiro atoms. The first kappa shape index (κ1) is 15.0. The molecule has 4 nitrogen and oxygen atoms in total. The quantitative estimate of drug-likeness (QED) is 0.690. The number of rotatable bonds is 7. The number of aliphatic hydroxyl groups is 1. The van der Waals surface area contributed by atoms with Gasteiger partial charge in [-0.1, -0.05) is 17.7 Å². The van der Waals surface area contributed by atoms with Gasteiger partial charge in [-0.15, -0.1) is 0 Å². The van der Waals surface area contributed by atoms with Gasteiger partial charge in [0.25, 0.3) is 0 Å². The van der Waals surface area contributed by atoms with Gasteiger partial charge in [0.05, 0.1) is 5.60 Å². The SMILES string of the molecule is COCCC(C)(O)CNCc1cc(C)ccc1O. The van der Waals surface area contributed by atoms with E-state index in [1.807, 2.05) is 19.1 Å². The molecule has 18 heavy (non-hydrogen) atoms. The van der Waals surface area contributed by atoms with E-state index < -0.39 is 5.60 Å². The van der Waals surface area contributed by atoms with E-state index in [1.54, 1.807) is 20.1 Å². The van der Waals surface area contributed by atoms with Crippen LogP contribution in [0.1, 0.15) is 24.5 Å². The average Bonchev–Trinajstić information content (AvgIpc) is 2.31. The van der Waals surface area contributed by atoms with Gasteiger partial charge in [0, 0.05) is 38.8 Å². The third kappa shape index (κ3) is 5.04. The number of benzene rings is 1. The molecule has 1 aromatic rings. The standard InChI is InChI=1S/C14H23NO3/c1-11-4-5-13(16)12(8-11)9-15-10-14(2,17)6-7-18-3/h4-5,8,15-17H,6-7,9-10H2,1-3H3. The normalized spacial score (nSPS) is 14.4. The third-order valence-electron chi connectivity index (χ3n) is 2.90. The Balaban J connectivity index is 2.43. The summed E-state index contributed by atoms with van der Waals surface area (Å²) in [5.74, 6) is 0.282. The van der Waals surface area contributed by atoms with Crippen LogP contribution in [0.5, 0.6) is 5.75 Å². The molecule has 0 aliphatic rings. The van der Waals surface area contributed by atoms with Crippen molar-refractivity contribution in [1.29, 1.82) is 0 Å². The zero-order chi connectivity index (χ0) is 13.6. The van der Waals surface area contributed by atoms with Gasteiger partial charge >= 0.3 is 0 Å². The number of hydrogen-bond acceptors (Lipinski definition) is 4. The molecular weight excluding hydrogens is 230 g/mol. The summed E-state index contributed by atoms with van der Waals surface area (Å²) in [6.07, 6.45) is 0.580. The predicted molar refractivity (Wildman–Crippen MR) is 71.7 cm³/mol. The highest BCUT2D eigenvalue weighted by atomic mass is 16.5. The van der Waals surface area contributed by atoms with Crippen LogP contribution < -0.4 is 5.32 Å². The van der Waals surface area contributed by atoms with Gasteiger partial charge in [-0.2, -0.15) is 0 Å². The fraction of sp³-hybridized carbons (Fsp3) is 0.571. The summed E-state index contributed by atoms with van der Waals surface area (Å²) in [5, 5.41) is 22.9. The van der Waals surface area contributed by atoms with Gasteiger partial charge in [0.2, 0.25) is 0 Å². The summed E-state index contributed by atoms with van der Waals surface area (Å²) in [6, 6.07) is 5.50. The molecular formula is C14H23NO3. The fourth-order valence-electron chi connectivity index (χ4n) is 1.73. The lowest BCUT2D eigenvalue weighted by atomic mass is 10.0. The van der Waals surface area contributed by atoms with Gasteiger partial charge in [-0.25, -0.2) is 0 Å². The molecule has 0 bridgehead atoms. The zero-order valence-corrected chi connectivity index (χ0v) is 11.4. The lowest BCUT2D eigenvalue weighted by Gasteiger charge is -2.23. The minimum Gasteiger partial charge on any atom is -0.508 e. The maximum atomic E-state index is 10.0. The largest absolute Gasteiger partial charge is 0.508 e. The molecule has 0 saturated heterocycles. The highest BCUT2D eigenvalue weighted by Crippen LogP contribution is 2.18. The second-order valence-corrected chi connectivity index (χ2v) is 4.98. The van der Waals surface area contributed by atoms with Gasteiger partial charge in [-0.3, -0.25) is 0 Å². The first-order chi connectivity index (χ1) is 8.44. The molecule has 0 heterocycles. The van der Waals surface area contributed by atoms with E-state index in [0.717, 1.165) is 11.1 Å². The van der Waals surface area contributed by atoms with Crippen molar-refractivity contribution < 1.29 is 14.9 Å². The van der Waals surface area contributed by atoms with Crippen molar-refractivity contribution in [2.75, 3.05) is 20.3 Å². The molecule has 0 aliphatic carbocycles. The highest BCUT2D eigenvalue weighted by molar-refractivity contribution is 5.35. The topological polar surface area (TPSA) is 61.7 Å². The Morgan fingerprint density at radius 1 is 1.39 bits per heavy atom. The zero-order valence-electron chi connectivity index (χ0n) is 11.4. The van der Waals surface area contributed by atoms with E-state index in [-0.39, 0.29) is 5.75 Å². The van der Waals surface area contributed by atoms with Gasteiger partial charge in [-0.05, 0) is 19.9 Å². The van der Waals surface area contributed by atoms with Crippen molar-refractivity contribution in [2.45, 2.75) is 32.4 Å². The summed E-state index contributed by atoms with van der Waals surface area (Å²) in [7, 11) is 1.62. The predicted octanol–water partition coefficient (Wildman–Crippen LogP) is 1.58. The molecule has 0 saturated carbocycles. The Morgan fingerprint density at radius 2 is 2.11 bits per heavy atom. The van der Waals surface area contributed by atoms with E-state index >= 15 is 0 Å². The maximum Gasteiger partial charge on any atom is 0.120 e. The maximum absolute atomic E-state index is 10.0. The van der Waals surface area contributed by atoms with Crippen LogP contribution in [0.4, 0.5) is 0 Å². The number of phenolic OH excluding ortho intramolecular Hbond substituents is 1. The number of hydrogen-bond donors (Lipinski definition) is 3. The molecule has 102 valence electrons. The molecule has 0 amide bonds. The van der Waals surface area contributed by atoms with Crippen LogP contribution in [0.25, 0.3) is 0 Å². The molecule has 1 atom stereocenters. The summed E-state index contributed by atoms with van der Waals surface area (Å²) in [6.45, 7) is 5.29. The fourth-order valence-corrected chi connectivity index (χ4v) is 1.73. The number of phenols is 1. The second-order valence-electron chi connectivity index (χ2n) is 4.98. The second kappa shape index (κ2) is 6.73. The summed E-state index contributed by atoms with van der Waals surface area (Å²) in [5.41, 5.74) is 1.16. The van der Waals surface area contributed by atoms with Crippen LogP contribution in [0.3, 0.4) is 0 Å². The van der Waals surface area contributed by atoms with Crippen LogP contribution in [-0.4, -0.2) is 36.1 Å². The van der Waals surface area contributed by atoms with Crippen LogP contribution in [0, 0.1) is 6.92 Å². The van der Waals surface area contributed by atoms with Crippen molar-refractivity contribution in [3.05, 3.63) is 29.3 Å². The lowest BCUT2D eigenvalue weighted by Crippen LogP contribution is -2.38. The van der Waals surface area contributed by atoms with Crippen LogP contribution in [0.2, 0.25) is 0 Å². The first-order valence-corrected chi connectivity index (χ1v) is 6.15. The van der Waals surface area contributed by atoms with Crippen molar-refractivity contribution in [3.63, 3.8) is 0 Å². The Hall–Kier alpha value is -1.10. The molecule has 4 heteroatoms. The van der Waals surface area contributed by atoms with Crippen LogP contribution in [0.15, 0.2) is 18.2 Å². The van der Waals surface area contributed by atoms with Crippen molar-refractivity contribution in [1.82, 2.24) is 5.32 Å². The van der Waals surface area contributed by atoms with Crippen LogP contribution in [-0.2, 0) is 11.3 Å². The molecule has 0 aromatic heterocycles. The number of methoxy groups -OCH3 is 1. The van der Waals surface area contributed by atoms with Gasteiger partial charge < -0.3 is 20.3 Å². The number of nitrogens with one attached hydrogen (secondary N) is 1. The monoisotopic (exact) mass is 253 g/mol. The summed E-state index contributed by atoms with van der Waals surface area (Å²) < 4.78 is 4.95. The van der Waals surface area contributed by atoms with E-state index in [4.69, 9.17) is 4.74 Å². The Kier molecular flexibility index (Phi) is 5.59. The van der Waals surface area contributed by atoms with Crippen molar-refractivity contribution in [3.8, 4) is 5.75 Å². The van der Waals surface area contributed by atoms with E-state index in [2.05, 4.69) is 5.32 Å². The minimum absolute atomic E-state index is 0.282. The number of aryl methyl sites for hydroxylation is 1. The van der Waals surface area contributed by atoms with Gasteiger partial charge in [0.1, 0.15) is 5.75 Å². The minimum atomic E-state index is -0.796. The summed E-state index contributed by atoms with van der Waals surface area (Å²) in [4.78, 5) is 0. The molecule has 1 aromatic carbocycles. The first-order valence-electron chi connectivity index (χ1n) is 6.15. The van der Waals surface area contributed by atoms with E-state index in [0.29, 0.717) is 26.1 Å². The molecule has 1 unspecified atom stereocenters. The Labute approximate surface area is 109 Å². The molecule has 0 aliphatic heterocycles. The Bertz CT molecular complexity index is 377. The van der Waals surface area contributed by atoms with E-state index in [1.165, 1.54) is 0 Å². The van der Waals surface area contributed by atoms with Gasteiger partial charge in [0.15, 0.2) is 0 Å². The highest BCUT2D eigenvalue weighted by Gasteiger charge is 2.19. The summed E-state index contributed by atoms with van der Waals surface area (Å²) >= 11 is 0.